The number of aliphatic hydroxyl groups is 2. The van der Waals surface area contributed by atoms with E-state index in [-0.39, 0.29) is 30.9 Å². The van der Waals surface area contributed by atoms with Crippen LogP contribution in [0.1, 0.15) is 23.2 Å². The Kier molecular flexibility index (Phi) is 3.08. The van der Waals surface area contributed by atoms with Crippen molar-refractivity contribution in [2.24, 2.45) is 0 Å². The van der Waals surface area contributed by atoms with E-state index in [9.17, 15) is 15.0 Å². The predicted molar refractivity (Wildman–Crippen MR) is 71.2 cm³/mol. The highest BCUT2D eigenvalue weighted by molar-refractivity contribution is 7.11. The Labute approximate surface area is 114 Å². The van der Waals surface area contributed by atoms with E-state index in [4.69, 9.17) is 5.73 Å². The van der Waals surface area contributed by atoms with Crippen molar-refractivity contribution in [3.05, 3.63) is 5.56 Å². The maximum Gasteiger partial charge on any atom is 0.258 e. The maximum atomic E-state index is 12.1. The van der Waals surface area contributed by atoms with Gasteiger partial charge in [0.1, 0.15) is 10.6 Å². The van der Waals surface area contributed by atoms with Crippen LogP contribution in [0.3, 0.4) is 0 Å². The molecule has 2 aliphatic rings. The number of aliphatic hydroxyl groups excluding tert-OH is 2. The van der Waals surface area contributed by atoms with Crippen LogP contribution in [0, 0.1) is 0 Å². The average Bonchev–Trinajstić information content (AvgIpc) is 2.98. The summed E-state index contributed by atoms with van der Waals surface area (Å²) in [6.07, 6.45) is 0.393. The van der Waals surface area contributed by atoms with Gasteiger partial charge in [0.2, 0.25) is 0 Å². The summed E-state index contributed by atoms with van der Waals surface area (Å²) in [5.41, 5.74) is 6.12. The Balaban J connectivity index is 1.83. The molecule has 5 N–H and O–H groups in total. The van der Waals surface area contributed by atoms with E-state index in [1.807, 2.05) is 0 Å². The van der Waals surface area contributed by atoms with Crippen molar-refractivity contribution < 1.29 is 15.0 Å². The van der Waals surface area contributed by atoms with Gasteiger partial charge in [-0.1, -0.05) is 0 Å². The lowest BCUT2D eigenvalue weighted by Crippen LogP contribution is -2.29. The molecule has 1 saturated heterocycles. The summed E-state index contributed by atoms with van der Waals surface area (Å²) in [4.78, 5) is 13.9. The number of carbonyl (C=O) groups is 1. The molecule has 2 heterocycles. The summed E-state index contributed by atoms with van der Waals surface area (Å²) in [6.45, 7) is 0.568. The van der Waals surface area contributed by atoms with Gasteiger partial charge in [-0.05, 0) is 24.4 Å². The number of nitrogens with two attached hydrogens (primary N) is 1. The molecule has 1 aliphatic carbocycles. The monoisotopic (exact) mass is 284 g/mol. The number of hydrogen-bond donors (Lipinski definition) is 4. The molecule has 1 aromatic heterocycles. The van der Waals surface area contributed by atoms with E-state index >= 15 is 0 Å². The molecule has 3 rings (SSSR count). The van der Waals surface area contributed by atoms with Gasteiger partial charge in [-0.25, -0.2) is 0 Å². The third kappa shape index (κ3) is 2.38. The summed E-state index contributed by atoms with van der Waals surface area (Å²) in [5, 5.41) is 22.7. The molecule has 2 atom stereocenters. The Morgan fingerprint density at radius 1 is 1.37 bits per heavy atom. The molecule has 1 aromatic rings. The fourth-order valence-corrected chi connectivity index (χ4v) is 2.97. The van der Waals surface area contributed by atoms with Crippen molar-refractivity contribution in [2.45, 2.75) is 31.1 Å². The van der Waals surface area contributed by atoms with Gasteiger partial charge in [-0.15, -0.1) is 0 Å². The zero-order chi connectivity index (χ0) is 13.6. The number of nitrogens with one attached hydrogen (secondary N) is 1. The van der Waals surface area contributed by atoms with E-state index in [1.165, 1.54) is 0 Å². The van der Waals surface area contributed by atoms with Crippen LogP contribution in [0.15, 0.2) is 0 Å². The normalized spacial score (nSPS) is 26.7. The largest absolute Gasteiger partial charge is 0.389 e. The molecule has 0 bridgehead atoms. The standard InChI is InChI=1S/C11H16N4O3S/c12-9-8(10(18)13-5-1-2-5)11(19-14-9)15-3-6(16)7(17)4-15/h5-7,16-17H,1-4H2,(H2,12,14)(H,13,18). The number of carbonyl (C=O) groups excluding carboxylic acids is 1. The molecule has 2 fully saturated rings. The molecule has 0 aromatic carbocycles. The molecule has 19 heavy (non-hydrogen) atoms. The van der Waals surface area contributed by atoms with Crippen molar-refractivity contribution in [3.8, 4) is 0 Å². The van der Waals surface area contributed by atoms with Crippen LogP contribution in [-0.4, -0.2) is 51.8 Å². The van der Waals surface area contributed by atoms with Crippen LogP contribution >= 0.6 is 11.5 Å². The van der Waals surface area contributed by atoms with Crippen molar-refractivity contribution in [1.29, 1.82) is 0 Å². The summed E-state index contributed by atoms with van der Waals surface area (Å²) in [5.74, 6) is -0.0198. The second kappa shape index (κ2) is 4.62. The zero-order valence-corrected chi connectivity index (χ0v) is 11.1. The molecule has 7 nitrogen and oxygen atoms in total. The van der Waals surface area contributed by atoms with Crippen LogP contribution in [0.5, 0.6) is 0 Å². The van der Waals surface area contributed by atoms with E-state index < -0.39 is 12.2 Å². The molecule has 1 saturated carbocycles. The zero-order valence-electron chi connectivity index (χ0n) is 10.2. The van der Waals surface area contributed by atoms with Crippen molar-refractivity contribution >= 4 is 28.3 Å². The lowest BCUT2D eigenvalue weighted by Gasteiger charge is -2.16. The SMILES string of the molecule is Nc1nsc(N2CC(O)C(O)C2)c1C(=O)NC1CC1. The van der Waals surface area contributed by atoms with Crippen molar-refractivity contribution in [3.63, 3.8) is 0 Å². The van der Waals surface area contributed by atoms with Gasteiger partial charge in [0.15, 0.2) is 5.82 Å². The van der Waals surface area contributed by atoms with Crippen molar-refractivity contribution in [2.75, 3.05) is 23.7 Å². The Hall–Kier alpha value is -1.38. The summed E-state index contributed by atoms with van der Waals surface area (Å²) < 4.78 is 4.01. The first-order valence-corrected chi connectivity index (χ1v) is 7.00. The minimum absolute atomic E-state index is 0.203. The van der Waals surface area contributed by atoms with Gasteiger partial charge >= 0.3 is 0 Å². The van der Waals surface area contributed by atoms with Gasteiger partial charge in [0.05, 0.1) is 12.2 Å². The Morgan fingerprint density at radius 3 is 2.58 bits per heavy atom. The molecular weight excluding hydrogens is 268 g/mol. The number of nitrogens with zero attached hydrogens (tertiary/aromatic N) is 2. The van der Waals surface area contributed by atoms with E-state index in [2.05, 4.69) is 9.69 Å². The van der Waals surface area contributed by atoms with Gasteiger partial charge in [0.25, 0.3) is 5.91 Å². The molecule has 104 valence electrons. The lowest BCUT2D eigenvalue weighted by molar-refractivity contribution is 0.0572. The van der Waals surface area contributed by atoms with E-state index in [0.29, 0.717) is 10.6 Å². The van der Waals surface area contributed by atoms with Crippen LogP contribution in [0.2, 0.25) is 0 Å². The molecule has 0 radical (unpaired) electrons. The minimum atomic E-state index is -0.803. The van der Waals surface area contributed by atoms with Crippen molar-refractivity contribution in [1.82, 2.24) is 9.69 Å². The quantitative estimate of drug-likeness (QED) is 0.576. The van der Waals surface area contributed by atoms with E-state index in [0.717, 1.165) is 24.4 Å². The average molecular weight is 284 g/mol. The summed E-state index contributed by atoms with van der Waals surface area (Å²) in [7, 11) is 0. The summed E-state index contributed by atoms with van der Waals surface area (Å²) in [6, 6.07) is 0.245. The predicted octanol–water partition coefficient (Wildman–Crippen LogP) is -0.841. The highest BCUT2D eigenvalue weighted by atomic mass is 32.1. The molecule has 1 amide bonds. The lowest BCUT2D eigenvalue weighted by atomic mass is 10.2. The fourth-order valence-electron chi connectivity index (χ4n) is 2.14. The number of amides is 1. The van der Waals surface area contributed by atoms with Crippen LogP contribution < -0.4 is 16.0 Å². The van der Waals surface area contributed by atoms with Crippen LogP contribution in [0.25, 0.3) is 0 Å². The highest BCUT2D eigenvalue weighted by Crippen LogP contribution is 2.33. The fraction of sp³-hybridized carbons (Fsp3) is 0.636. The Morgan fingerprint density at radius 2 is 2.00 bits per heavy atom. The van der Waals surface area contributed by atoms with E-state index in [1.54, 1.807) is 4.90 Å². The molecule has 0 spiro atoms. The second-order valence-electron chi connectivity index (χ2n) is 5.04. The highest BCUT2D eigenvalue weighted by Gasteiger charge is 2.35. The van der Waals surface area contributed by atoms with Gasteiger partial charge < -0.3 is 26.2 Å². The first-order chi connectivity index (χ1) is 9.06. The molecule has 1 aliphatic heterocycles. The van der Waals surface area contributed by atoms with Crippen LogP contribution in [-0.2, 0) is 0 Å². The number of hydrogen-bond acceptors (Lipinski definition) is 7. The first-order valence-electron chi connectivity index (χ1n) is 6.23. The van der Waals surface area contributed by atoms with Gasteiger partial charge in [0, 0.05) is 19.1 Å². The number of aromatic nitrogens is 1. The number of β-amino-alcohol motifs (C(OH)–C–C–N with tert-alkyl or cyclic N) is 2. The number of nitrogen functional groups attached to an aromatic ring is 1. The topological polar surface area (TPSA) is 112 Å². The number of rotatable bonds is 3. The first kappa shape index (κ1) is 12.6. The maximum absolute atomic E-state index is 12.1. The molecular formula is C11H16N4O3S. The Bertz CT molecular complexity index is 492. The molecule has 8 heteroatoms. The smallest absolute Gasteiger partial charge is 0.258 e. The van der Waals surface area contributed by atoms with Gasteiger partial charge in [-0.2, -0.15) is 4.37 Å². The third-order valence-electron chi connectivity index (χ3n) is 3.39. The van der Waals surface area contributed by atoms with Gasteiger partial charge in [-0.3, -0.25) is 4.79 Å². The molecule has 2 unspecified atom stereocenters. The third-order valence-corrected chi connectivity index (χ3v) is 4.31. The second-order valence-corrected chi connectivity index (χ2v) is 5.79. The minimum Gasteiger partial charge on any atom is -0.389 e. The number of anilines is 2. The summed E-state index contributed by atoms with van der Waals surface area (Å²) >= 11 is 1.12. The van der Waals surface area contributed by atoms with Crippen LogP contribution in [0.4, 0.5) is 10.8 Å².